The van der Waals surface area contributed by atoms with Crippen molar-refractivity contribution in [3.05, 3.63) is 54.1 Å². The molecule has 2 fully saturated rings. The van der Waals surface area contributed by atoms with E-state index in [-0.39, 0.29) is 18.0 Å². The molecule has 2 aromatic rings. The zero-order valence-electron chi connectivity index (χ0n) is 14.3. The molecule has 1 aliphatic carbocycles. The minimum absolute atomic E-state index is 0.0576. The van der Waals surface area contributed by atoms with Crippen molar-refractivity contribution >= 4 is 5.91 Å². The molecule has 2 atom stereocenters. The molecule has 0 unspecified atom stereocenters. The van der Waals surface area contributed by atoms with Crippen LogP contribution < -0.4 is 10.1 Å². The van der Waals surface area contributed by atoms with Crippen molar-refractivity contribution in [1.82, 2.24) is 20.2 Å². The highest BCUT2D eigenvalue weighted by Crippen LogP contribution is 2.41. The molecule has 2 heterocycles. The van der Waals surface area contributed by atoms with Gasteiger partial charge in [0.15, 0.2) is 0 Å². The second-order valence-electron chi connectivity index (χ2n) is 6.65. The number of likely N-dealkylation sites (tertiary alicyclic amines) is 1. The van der Waals surface area contributed by atoms with E-state index in [1.807, 2.05) is 12.1 Å². The lowest BCUT2D eigenvalue weighted by atomic mass is 9.99. The number of nitrogens with zero attached hydrogens (tertiary/aromatic N) is 3. The quantitative estimate of drug-likeness (QED) is 0.905. The standard InChI is InChI=1S/C19H22N4O2/c1-25-15-4-2-3-13(11-15)18-16(7-10-23(18)14-5-6-14)22-19(24)17-12-20-8-9-21-17/h2-4,8-9,11-12,14,16,18H,5-7,10H2,1H3,(H,22,24)/t16-,18+/m1/s1. The van der Waals surface area contributed by atoms with Crippen molar-refractivity contribution < 1.29 is 9.53 Å². The van der Waals surface area contributed by atoms with E-state index in [9.17, 15) is 4.79 Å². The van der Waals surface area contributed by atoms with Crippen molar-refractivity contribution in [2.45, 2.75) is 37.4 Å². The molecular formula is C19H22N4O2. The molecule has 1 saturated carbocycles. The third-order valence-corrected chi connectivity index (χ3v) is 5.00. The van der Waals surface area contributed by atoms with Crippen LogP contribution in [-0.2, 0) is 0 Å². The zero-order chi connectivity index (χ0) is 17.2. The number of hydrogen-bond acceptors (Lipinski definition) is 5. The van der Waals surface area contributed by atoms with Crippen LogP contribution in [0, 0.1) is 0 Å². The van der Waals surface area contributed by atoms with Crippen molar-refractivity contribution in [1.29, 1.82) is 0 Å². The van der Waals surface area contributed by atoms with Gasteiger partial charge in [-0.15, -0.1) is 0 Å². The van der Waals surface area contributed by atoms with Crippen LogP contribution in [-0.4, -0.2) is 46.5 Å². The SMILES string of the molecule is COc1cccc([C@H]2[C@H](NC(=O)c3cnccn3)CCN2C2CC2)c1. The van der Waals surface area contributed by atoms with Gasteiger partial charge in [-0.1, -0.05) is 12.1 Å². The Morgan fingerprint density at radius 3 is 2.88 bits per heavy atom. The van der Waals surface area contributed by atoms with Crippen LogP contribution in [0.2, 0.25) is 0 Å². The number of benzene rings is 1. The highest BCUT2D eigenvalue weighted by atomic mass is 16.5. The van der Waals surface area contributed by atoms with E-state index in [1.165, 1.54) is 24.6 Å². The molecule has 25 heavy (non-hydrogen) atoms. The van der Waals surface area contributed by atoms with E-state index < -0.39 is 0 Å². The van der Waals surface area contributed by atoms with Gasteiger partial charge in [-0.05, 0) is 37.0 Å². The molecule has 0 bridgehead atoms. The molecule has 2 aliphatic rings. The minimum Gasteiger partial charge on any atom is -0.497 e. The van der Waals surface area contributed by atoms with Gasteiger partial charge in [0.2, 0.25) is 0 Å². The first kappa shape index (κ1) is 16.0. The lowest BCUT2D eigenvalue weighted by molar-refractivity contribution is 0.0918. The number of carbonyl (C=O) groups excluding carboxylic acids is 1. The van der Waals surface area contributed by atoms with Gasteiger partial charge in [0.25, 0.3) is 5.91 Å². The predicted octanol–water partition coefficient (Wildman–Crippen LogP) is 2.19. The third-order valence-electron chi connectivity index (χ3n) is 5.00. The van der Waals surface area contributed by atoms with E-state index in [2.05, 4.69) is 32.3 Å². The van der Waals surface area contributed by atoms with Gasteiger partial charge < -0.3 is 10.1 Å². The maximum atomic E-state index is 12.5. The fourth-order valence-corrected chi connectivity index (χ4v) is 3.69. The Morgan fingerprint density at radius 1 is 1.28 bits per heavy atom. The number of ether oxygens (including phenoxy) is 1. The smallest absolute Gasteiger partial charge is 0.271 e. The molecule has 6 heteroatoms. The summed E-state index contributed by atoms with van der Waals surface area (Å²) in [5.74, 6) is 0.683. The van der Waals surface area contributed by atoms with Crippen LogP contribution in [0.15, 0.2) is 42.9 Å². The van der Waals surface area contributed by atoms with Crippen molar-refractivity contribution in [2.24, 2.45) is 0 Å². The van der Waals surface area contributed by atoms with Gasteiger partial charge in [-0.3, -0.25) is 14.7 Å². The summed E-state index contributed by atoms with van der Waals surface area (Å²) in [6.45, 7) is 0.998. The van der Waals surface area contributed by atoms with Crippen LogP contribution in [0.5, 0.6) is 5.75 Å². The maximum absolute atomic E-state index is 12.5. The van der Waals surface area contributed by atoms with Gasteiger partial charge in [0, 0.05) is 25.0 Å². The maximum Gasteiger partial charge on any atom is 0.271 e. The second kappa shape index (κ2) is 6.80. The summed E-state index contributed by atoms with van der Waals surface area (Å²) in [7, 11) is 1.68. The number of hydrogen-bond donors (Lipinski definition) is 1. The third kappa shape index (κ3) is 3.35. The van der Waals surface area contributed by atoms with Gasteiger partial charge in [-0.2, -0.15) is 0 Å². The highest BCUT2D eigenvalue weighted by Gasteiger charge is 2.43. The first-order valence-corrected chi connectivity index (χ1v) is 8.73. The van der Waals surface area contributed by atoms with Crippen LogP contribution in [0.4, 0.5) is 0 Å². The normalized spacial score (nSPS) is 23.4. The average Bonchev–Trinajstić information content (AvgIpc) is 3.43. The first-order valence-electron chi connectivity index (χ1n) is 8.73. The summed E-state index contributed by atoms with van der Waals surface area (Å²) >= 11 is 0. The van der Waals surface area contributed by atoms with Gasteiger partial charge in [0.1, 0.15) is 11.4 Å². The van der Waals surface area contributed by atoms with E-state index in [0.717, 1.165) is 18.7 Å². The Labute approximate surface area is 147 Å². The van der Waals surface area contributed by atoms with Crippen molar-refractivity contribution in [2.75, 3.05) is 13.7 Å². The summed E-state index contributed by atoms with van der Waals surface area (Å²) in [5, 5.41) is 3.17. The van der Waals surface area contributed by atoms with Crippen LogP contribution in [0.3, 0.4) is 0 Å². The Kier molecular flexibility index (Phi) is 4.36. The molecular weight excluding hydrogens is 316 g/mol. The first-order chi connectivity index (χ1) is 12.3. The number of nitrogens with one attached hydrogen (secondary N) is 1. The molecule has 130 valence electrons. The van der Waals surface area contributed by atoms with E-state index in [4.69, 9.17) is 4.74 Å². The summed E-state index contributed by atoms with van der Waals surface area (Å²) < 4.78 is 5.39. The zero-order valence-corrected chi connectivity index (χ0v) is 14.3. The van der Waals surface area contributed by atoms with Crippen LogP contribution in [0.25, 0.3) is 0 Å². The molecule has 0 spiro atoms. The molecule has 0 radical (unpaired) electrons. The monoisotopic (exact) mass is 338 g/mol. The van der Waals surface area contributed by atoms with Gasteiger partial charge >= 0.3 is 0 Å². The largest absolute Gasteiger partial charge is 0.497 e. The van der Waals surface area contributed by atoms with Crippen LogP contribution >= 0.6 is 0 Å². The number of methoxy groups -OCH3 is 1. The fraction of sp³-hybridized carbons (Fsp3) is 0.421. The molecule has 6 nitrogen and oxygen atoms in total. The second-order valence-corrected chi connectivity index (χ2v) is 6.65. The summed E-state index contributed by atoms with van der Waals surface area (Å²) in [6, 6.07) is 9.02. The van der Waals surface area contributed by atoms with E-state index in [0.29, 0.717) is 11.7 Å². The number of amides is 1. The molecule has 1 amide bonds. The van der Waals surface area contributed by atoms with Crippen molar-refractivity contribution in [3.63, 3.8) is 0 Å². The average molecular weight is 338 g/mol. The molecule has 1 aliphatic heterocycles. The number of rotatable bonds is 5. The Hall–Kier alpha value is -2.47. The van der Waals surface area contributed by atoms with Crippen molar-refractivity contribution in [3.8, 4) is 5.75 Å². The van der Waals surface area contributed by atoms with Gasteiger partial charge in [0.05, 0.1) is 25.4 Å². The molecule has 1 N–H and O–H groups in total. The Bertz CT molecular complexity index is 748. The lowest BCUT2D eigenvalue weighted by Crippen LogP contribution is -2.40. The molecule has 1 aromatic heterocycles. The number of aromatic nitrogens is 2. The topological polar surface area (TPSA) is 67.3 Å². The molecule has 1 saturated heterocycles. The predicted molar refractivity (Wildman–Crippen MR) is 93.4 cm³/mol. The summed E-state index contributed by atoms with van der Waals surface area (Å²) in [6.07, 6.45) is 8.03. The fourth-order valence-electron chi connectivity index (χ4n) is 3.69. The summed E-state index contributed by atoms with van der Waals surface area (Å²) in [5.41, 5.74) is 1.55. The Morgan fingerprint density at radius 2 is 2.16 bits per heavy atom. The summed E-state index contributed by atoms with van der Waals surface area (Å²) in [4.78, 5) is 23.1. The highest BCUT2D eigenvalue weighted by molar-refractivity contribution is 5.92. The van der Waals surface area contributed by atoms with Gasteiger partial charge in [-0.25, -0.2) is 4.98 Å². The Balaban J connectivity index is 1.58. The minimum atomic E-state index is -0.163. The van der Waals surface area contributed by atoms with E-state index >= 15 is 0 Å². The van der Waals surface area contributed by atoms with Crippen LogP contribution in [0.1, 0.15) is 41.4 Å². The number of carbonyl (C=O) groups is 1. The molecule has 1 aromatic carbocycles. The molecule has 4 rings (SSSR count). The lowest BCUT2D eigenvalue weighted by Gasteiger charge is -2.29. The van der Waals surface area contributed by atoms with E-state index in [1.54, 1.807) is 19.5 Å².